The molecule has 0 atom stereocenters. The van der Waals surface area contributed by atoms with Crippen LogP contribution in [-0.4, -0.2) is 27.4 Å². The Bertz CT molecular complexity index is 615. The van der Waals surface area contributed by atoms with E-state index >= 15 is 0 Å². The van der Waals surface area contributed by atoms with E-state index < -0.39 is 0 Å². The van der Waals surface area contributed by atoms with Crippen molar-refractivity contribution in [2.24, 2.45) is 0 Å². The standard InChI is InChI=1S/C16H21N5O/c1-3-4-8-18-15-10-14(20-12(2)21-15)16(22)19-11-13-7-5-6-9-17-13/h5-7,9-10H,3-4,8,11H2,1-2H3,(H,19,22)(H,18,20,21). The summed E-state index contributed by atoms with van der Waals surface area (Å²) in [5.74, 6) is 1.03. The van der Waals surface area contributed by atoms with Crippen LogP contribution in [0, 0.1) is 6.92 Å². The van der Waals surface area contributed by atoms with Gasteiger partial charge >= 0.3 is 0 Å². The fourth-order valence-electron chi connectivity index (χ4n) is 1.93. The number of carbonyl (C=O) groups excluding carboxylic acids is 1. The van der Waals surface area contributed by atoms with Crippen LogP contribution in [0.5, 0.6) is 0 Å². The van der Waals surface area contributed by atoms with Gasteiger partial charge in [0, 0.05) is 18.8 Å². The second-order valence-corrected chi connectivity index (χ2v) is 4.97. The lowest BCUT2D eigenvalue weighted by Gasteiger charge is -2.08. The molecule has 0 saturated carbocycles. The quantitative estimate of drug-likeness (QED) is 0.767. The molecule has 0 aromatic carbocycles. The van der Waals surface area contributed by atoms with E-state index in [-0.39, 0.29) is 5.91 Å². The highest BCUT2D eigenvalue weighted by atomic mass is 16.1. The molecule has 116 valence electrons. The molecule has 2 heterocycles. The van der Waals surface area contributed by atoms with Crippen molar-refractivity contribution < 1.29 is 4.79 Å². The van der Waals surface area contributed by atoms with Gasteiger partial charge in [-0.05, 0) is 25.5 Å². The first-order valence-corrected chi connectivity index (χ1v) is 7.46. The lowest BCUT2D eigenvalue weighted by molar-refractivity contribution is 0.0945. The van der Waals surface area contributed by atoms with E-state index in [0.717, 1.165) is 25.1 Å². The number of unbranched alkanes of at least 4 members (excludes halogenated alkanes) is 1. The molecule has 6 nitrogen and oxygen atoms in total. The van der Waals surface area contributed by atoms with Gasteiger partial charge in [-0.1, -0.05) is 19.4 Å². The average molecular weight is 299 g/mol. The van der Waals surface area contributed by atoms with Gasteiger partial charge in [0.1, 0.15) is 17.3 Å². The zero-order valence-corrected chi connectivity index (χ0v) is 13.0. The number of hydrogen-bond donors (Lipinski definition) is 2. The molecule has 1 amide bonds. The smallest absolute Gasteiger partial charge is 0.270 e. The number of amides is 1. The van der Waals surface area contributed by atoms with Crippen molar-refractivity contribution in [2.45, 2.75) is 33.2 Å². The Hall–Kier alpha value is -2.50. The second kappa shape index (κ2) is 8.07. The molecule has 0 bridgehead atoms. The fourth-order valence-corrected chi connectivity index (χ4v) is 1.93. The van der Waals surface area contributed by atoms with Crippen molar-refractivity contribution in [3.63, 3.8) is 0 Å². The summed E-state index contributed by atoms with van der Waals surface area (Å²) in [6.07, 6.45) is 3.87. The molecular weight excluding hydrogens is 278 g/mol. The Balaban J connectivity index is 1.99. The summed E-state index contributed by atoms with van der Waals surface area (Å²) in [5, 5.41) is 6.03. The minimum Gasteiger partial charge on any atom is -0.370 e. The highest BCUT2D eigenvalue weighted by Gasteiger charge is 2.10. The number of anilines is 1. The van der Waals surface area contributed by atoms with Crippen molar-refractivity contribution in [3.05, 3.63) is 47.7 Å². The van der Waals surface area contributed by atoms with Crippen LogP contribution in [0.4, 0.5) is 5.82 Å². The zero-order chi connectivity index (χ0) is 15.8. The molecule has 22 heavy (non-hydrogen) atoms. The maximum Gasteiger partial charge on any atom is 0.270 e. The molecule has 0 fully saturated rings. The van der Waals surface area contributed by atoms with Crippen molar-refractivity contribution in [1.29, 1.82) is 0 Å². The first kappa shape index (κ1) is 15.9. The Morgan fingerprint density at radius 1 is 1.27 bits per heavy atom. The van der Waals surface area contributed by atoms with Crippen LogP contribution in [0.2, 0.25) is 0 Å². The molecule has 0 aliphatic heterocycles. The number of nitrogens with one attached hydrogen (secondary N) is 2. The minimum atomic E-state index is -0.227. The Morgan fingerprint density at radius 3 is 2.86 bits per heavy atom. The molecular formula is C16H21N5O. The first-order valence-electron chi connectivity index (χ1n) is 7.46. The third-order valence-electron chi connectivity index (χ3n) is 3.06. The van der Waals surface area contributed by atoms with Crippen molar-refractivity contribution >= 4 is 11.7 Å². The third-order valence-corrected chi connectivity index (χ3v) is 3.06. The summed E-state index contributed by atoms with van der Waals surface area (Å²) < 4.78 is 0. The number of hydrogen-bond acceptors (Lipinski definition) is 5. The van der Waals surface area contributed by atoms with Gasteiger partial charge in [0.25, 0.3) is 5.91 Å². The van der Waals surface area contributed by atoms with Crippen molar-refractivity contribution in [2.75, 3.05) is 11.9 Å². The number of aromatic nitrogens is 3. The maximum atomic E-state index is 12.2. The van der Waals surface area contributed by atoms with Gasteiger partial charge in [0.15, 0.2) is 0 Å². The highest BCUT2D eigenvalue weighted by Crippen LogP contribution is 2.07. The van der Waals surface area contributed by atoms with Crippen molar-refractivity contribution in [1.82, 2.24) is 20.3 Å². The van der Waals surface area contributed by atoms with Crippen LogP contribution in [0.25, 0.3) is 0 Å². The predicted octanol–water partition coefficient (Wildman–Crippen LogP) is 2.32. The topological polar surface area (TPSA) is 79.8 Å². The van der Waals surface area contributed by atoms with E-state index in [1.165, 1.54) is 0 Å². The predicted molar refractivity (Wildman–Crippen MR) is 85.6 cm³/mol. The monoisotopic (exact) mass is 299 g/mol. The lowest BCUT2D eigenvalue weighted by Crippen LogP contribution is -2.25. The van der Waals surface area contributed by atoms with Gasteiger partial charge in [-0.25, -0.2) is 9.97 Å². The van der Waals surface area contributed by atoms with E-state index in [9.17, 15) is 4.79 Å². The maximum absolute atomic E-state index is 12.2. The molecule has 0 aliphatic rings. The second-order valence-electron chi connectivity index (χ2n) is 4.97. The van der Waals surface area contributed by atoms with Crippen LogP contribution < -0.4 is 10.6 Å². The summed E-state index contributed by atoms with van der Waals surface area (Å²) in [6, 6.07) is 7.27. The number of rotatable bonds is 7. The Labute approximate surface area is 130 Å². The number of carbonyl (C=O) groups is 1. The molecule has 0 saturated heterocycles. The van der Waals surface area contributed by atoms with Gasteiger partial charge < -0.3 is 10.6 Å². The van der Waals surface area contributed by atoms with Crippen LogP contribution in [-0.2, 0) is 6.54 Å². The lowest BCUT2D eigenvalue weighted by atomic mass is 10.3. The summed E-state index contributed by atoms with van der Waals surface area (Å²) in [4.78, 5) is 24.8. The van der Waals surface area contributed by atoms with E-state index in [0.29, 0.717) is 23.9 Å². The number of nitrogens with zero attached hydrogens (tertiary/aromatic N) is 3. The molecule has 0 radical (unpaired) electrons. The van der Waals surface area contributed by atoms with Crippen LogP contribution >= 0.6 is 0 Å². The van der Waals surface area contributed by atoms with Crippen LogP contribution in [0.3, 0.4) is 0 Å². The summed E-state index contributed by atoms with van der Waals surface area (Å²) in [6.45, 7) is 5.12. The molecule has 2 rings (SSSR count). The van der Waals surface area contributed by atoms with Gasteiger partial charge in [0.05, 0.1) is 12.2 Å². The average Bonchev–Trinajstić information content (AvgIpc) is 2.53. The van der Waals surface area contributed by atoms with E-state index in [1.807, 2.05) is 18.2 Å². The molecule has 2 N–H and O–H groups in total. The highest BCUT2D eigenvalue weighted by molar-refractivity contribution is 5.92. The van der Waals surface area contributed by atoms with E-state index in [2.05, 4.69) is 32.5 Å². The molecule has 2 aromatic rings. The first-order chi connectivity index (χ1) is 10.7. The third kappa shape index (κ3) is 4.80. The summed E-state index contributed by atoms with van der Waals surface area (Å²) in [5.41, 5.74) is 1.17. The SMILES string of the molecule is CCCCNc1cc(C(=O)NCc2ccccn2)nc(C)n1. The molecule has 6 heteroatoms. The molecule has 0 spiro atoms. The van der Waals surface area contributed by atoms with E-state index in [1.54, 1.807) is 19.2 Å². The van der Waals surface area contributed by atoms with Gasteiger partial charge in [-0.2, -0.15) is 0 Å². The summed E-state index contributed by atoms with van der Waals surface area (Å²) in [7, 11) is 0. The molecule has 0 unspecified atom stereocenters. The number of pyridine rings is 1. The van der Waals surface area contributed by atoms with Gasteiger partial charge in [0.2, 0.25) is 0 Å². The normalized spacial score (nSPS) is 10.3. The largest absolute Gasteiger partial charge is 0.370 e. The molecule has 0 aliphatic carbocycles. The van der Waals surface area contributed by atoms with Crippen LogP contribution in [0.15, 0.2) is 30.5 Å². The van der Waals surface area contributed by atoms with E-state index in [4.69, 9.17) is 0 Å². The Kier molecular flexibility index (Phi) is 5.82. The summed E-state index contributed by atoms with van der Waals surface area (Å²) >= 11 is 0. The van der Waals surface area contributed by atoms with Crippen molar-refractivity contribution in [3.8, 4) is 0 Å². The Morgan fingerprint density at radius 2 is 2.14 bits per heavy atom. The minimum absolute atomic E-state index is 0.227. The molecule has 2 aromatic heterocycles. The van der Waals surface area contributed by atoms with Gasteiger partial charge in [-0.15, -0.1) is 0 Å². The van der Waals surface area contributed by atoms with Crippen LogP contribution in [0.1, 0.15) is 41.8 Å². The fraction of sp³-hybridized carbons (Fsp3) is 0.375. The zero-order valence-electron chi connectivity index (χ0n) is 13.0. The van der Waals surface area contributed by atoms with Gasteiger partial charge in [-0.3, -0.25) is 9.78 Å². The number of aryl methyl sites for hydroxylation is 1.